The molecule has 3 aromatic rings. The van der Waals surface area contributed by atoms with E-state index in [0.717, 1.165) is 18.4 Å². The molecule has 1 atom stereocenters. The first kappa shape index (κ1) is 18.9. The number of sulfonamides is 1. The van der Waals surface area contributed by atoms with Crippen molar-refractivity contribution in [3.05, 3.63) is 53.6 Å². The van der Waals surface area contributed by atoms with Gasteiger partial charge in [0.2, 0.25) is 10.0 Å². The van der Waals surface area contributed by atoms with Crippen molar-refractivity contribution in [3.63, 3.8) is 0 Å². The molecule has 1 aliphatic heterocycles. The fourth-order valence-corrected chi connectivity index (χ4v) is 5.09. The quantitative estimate of drug-likeness (QED) is 0.658. The molecule has 1 aliphatic rings. The van der Waals surface area contributed by atoms with Gasteiger partial charge in [0.1, 0.15) is 17.6 Å². The van der Waals surface area contributed by atoms with Gasteiger partial charge >= 0.3 is 0 Å². The van der Waals surface area contributed by atoms with Gasteiger partial charge in [0, 0.05) is 13.1 Å². The van der Waals surface area contributed by atoms with E-state index in [4.69, 9.17) is 4.84 Å². The van der Waals surface area contributed by atoms with E-state index in [1.54, 1.807) is 22.5 Å². The second-order valence-electron chi connectivity index (χ2n) is 7.48. The molecule has 7 nitrogen and oxygen atoms in total. The normalized spacial score (nSPS) is 18.4. The maximum Gasteiger partial charge on any atom is 0.243 e. The first-order valence-corrected chi connectivity index (χ1v) is 10.9. The summed E-state index contributed by atoms with van der Waals surface area (Å²) in [4.78, 5) is 7.30. The average molecular weight is 401 g/mol. The Morgan fingerprint density at radius 3 is 2.71 bits per heavy atom. The van der Waals surface area contributed by atoms with Gasteiger partial charge in [-0.25, -0.2) is 8.42 Å². The predicted molar refractivity (Wildman–Crippen MR) is 106 cm³/mol. The Bertz CT molecular complexity index is 1080. The monoisotopic (exact) mass is 400 g/mol. The maximum absolute atomic E-state index is 13.1. The van der Waals surface area contributed by atoms with Crippen LogP contribution in [0.3, 0.4) is 0 Å². The van der Waals surface area contributed by atoms with Crippen molar-refractivity contribution in [1.82, 2.24) is 19.5 Å². The third kappa shape index (κ3) is 3.74. The zero-order valence-corrected chi connectivity index (χ0v) is 16.9. The summed E-state index contributed by atoms with van der Waals surface area (Å²) in [7, 11) is -3.54. The third-order valence-electron chi connectivity index (χ3n) is 5.12. The van der Waals surface area contributed by atoms with Crippen molar-refractivity contribution in [2.75, 3.05) is 13.1 Å². The Labute approximate surface area is 164 Å². The van der Waals surface area contributed by atoms with Crippen molar-refractivity contribution in [1.29, 1.82) is 0 Å². The molecule has 0 amide bonds. The van der Waals surface area contributed by atoms with E-state index >= 15 is 0 Å². The SMILES string of the molecule is Cc1ccc(COn2nnc3ccc(S(=O)(=O)N4CCCC(C)C4)cc32)cc1. The number of fused-ring (bicyclic) bond motifs is 1. The number of rotatable bonds is 5. The predicted octanol–water partition coefficient (Wildman–Crippen LogP) is 2.79. The van der Waals surface area contributed by atoms with Crippen molar-refractivity contribution in [2.45, 2.75) is 38.2 Å². The Morgan fingerprint density at radius 2 is 1.96 bits per heavy atom. The lowest BCUT2D eigenvalue weighted by atomic mass is 10.0. The van der Waals surface area contributed by atoms with E-state index in [-0.39, 0.29) is 4.90 Å². The first-order valence-electron chi connectivity index (χ1n) is 9.48. The fourth-order valence-electron chi connectivity index (χ4n) is 3.47. The lowest BCUT2D eigenvalue weighted by molar-refractivity contribution is 0.0751. The van der Waals surface area contributed by atoms with Gasteiger partial charge in [0.15, 0.2) is 0 Å². The molecule has 2 heterocycles. The van der Waals surface area contributed by atoms with E-state index in [1.165, 1.54) is 10.4 Å². The topological polar surface area (TPSA) is 77.3 Å². The number of piperidine rings is 1. The molecule has 1 fully saturated rings. The number of aromatic nitrogens is 3. The summed E-state index contributed by atoms with van der Waals surface area (Å²) in [5.41, 5.74) is 3.31. The van der Waals surface area contributed by atoms with Gasteiger partial charge in [0.05, 0.1) is 4.90 Å². The first-order chi connectivity index (χ1) is 13.4. The summed E-state index contributed by atoms with van der Waals surface area (Å²) < 4.78 is 27.7. The van der Waals surface area contributed by atoms with E-state index in [1.807, 2.05) is 31.2 Å². The maximum atomic E-state index is 13.1. The summed E-state index contributed by atoms with van der Waals surface area (Å²) in [5, 5.41) is 8.08. The molecule has 1 unspecified atom stereocenters. The summed E-state index contributed by atoms with van der Waals surface area (Å²) in [6, 6.07) is 12.9. The van der Waals surface area contributed by atoms with Crippen LogP contribution >= 0.6 is 0 Å². The minimum atomic E-state index is -3.54. The van der Waals surface area contributed by atoms with Crippen LogP contribution in [0.15, 0.2) is 47.4 Å². The molecule has 0 N–H and O–H groups in total. The second-order valence-corrected chi connectivity index (χ2v) is 9.42. The molecule has 1 saturated heterocycles. The highest BCUT2D eigenvalue weighted by Gasteiger charge is 2.29. The number of hydrogen-bond acceptors (Lipinski definition) is 5. The van der Waals surface area contributed by atoms with Crippen LogP contribution in [0.4, 0.5) is 0 Å². The number of nitrogens with zero attached hydrogens (tertiary/aromatic N) is 4. The van der Waals surface area contributed by atoms with Crippen LogP contribution < -0.4 is 4.84 Å². The highest BCUT2D eigenvalue weighted by molar-refractivity contribution is 7.89. The van der Waals surface area contributed by atoms with E-state index in [2.05, 4.69) is 17.2 Å². The van der Waals surface area contributed by atoms with Crippen molar-refractivity contribution >= 4 is 21.1 Å². The standard InChI is InChI=1S/C20H24N4O3S/c1-15-5-7-17(8-6-15)14-27-24-20-12-18(9-10-19(20)21-22-24)28(25,26)23-11-3-4-16(2)13-23/h5-10,12,16H,3-4,11,13-14H2,1-2H3. The van der Waals surface area contributed by atoms with Gasteiger partial charge in [-0.15, -0.1) is 5.10 Å². The molecule has 8 heteroatoms. The highest BCUT2D eigenvalue weighted by atomic mass is 32.2. The lowest BCUT2D eigenvalue weighted by Gasteiger charge is -2.30. The number of benzene rings is 2. The molecule has 0 bridgehead atoms. The Kier molecular flexibility index (Phi) is 5.07. The van der Waals surface area contributed by atoms with E-state index in [0.29, 0.717) is 36.6 Å². The highest BCUT2D eigenvalue weighted by Crippen LogP contribution is 2.25. The molecule has 1 aromatic heterocycles. The molecule has 4 rings (SSSR count). The van der Waals surface area contributed by atoms with Gasteiger partial charge in [-0.3, -0.25) is 0 Å². The van der Waals surface area contributed by atoms with Crippen LogP contribution in [0.2, 0.25) is 0 Å². The van der Waals surface area contributed by atoms with Crippen molar-refractivity contribution in [3.8, 4) is 0 Å². The van der Waals surface area contributed by atoms with Crippen LogP contribution in [-0.4, -0.2) is 41.0 Å². The zero-order valence-electron chi connectivity index (χ0n) is 16.1. The smallest absolute Gasteiger partial charge is 0.243 e. The van der Waals surface area contributed by atoms with Crippen LogP contribution in [0.1, 0.15) is 30.9 Å². The van der Waals surface area contributed by atoms with Gasteiger partial charge in [0.25, 0.3) is 0 Å². The summed E-state index contributed by atoms with van der Waals surface area (Å²) in [6.45, 7) is 5.55. The molecular weight excluding hydrogens is 376 g/mol. The van der Waals surface area contributed by atoms with Gasteiger partial charge in [-0.2, -0.15) is 4.31 Å². The molecular formula is C20H24N4O3S. The molecule has 0 spiro atoms. The van der Waals surface area contributed by atoms with Gasteiger partial charge in [-0.05, 0) is 54.7 Å². The molecule has 0 aliphatic carbocycles. The number of aryl methyl sites for hydroxylation is 1. The Morgan fingerprint density at radius 1 is 1.18 bits per heavy atom. The minimum Gasteiger partial charge on any atom is -0.390 e. The molecule has 2 aromatic carbocycles. The van der Waals surface area contributed by atoms with Crippen molar-refractivity contribution < 1.29 is 13.3 Å². The van der Waals surface area contributed by atoms with E-state index in [9.17, 15) is 8.42 Å². The molecule has 28 heavy (non-hydrogen) atoms. The molecule has 148 valence electrons. The molecule has 0 radical (unpaired) electrons. The minimum absolute atomic E-state index is 0.247. The van der Waals surface area contributed by atoms with E-state index < -0.39 is 10.0 Å². The van der Waals surface area contributed by atoms with Crippen LogP contribution in [0, 0.1) is 12.8 Å². The number of hydrogen-bond donors (Lipinski definition) is 0. The Balaban J connectivity index is 1.59. The summed E-state index contributed by atoms with van der Waals surface area (Å²) in [6.07, 6.45) is 1.95. The lowest BCUT2D eigenvalue weighted by Crippen LogP contribution is -2.39. The summed E-state index contributed by atoms with van der Waals surface area (Å²) >= 11 is 0. The van der Waals surface area contributed by atoms with Crippen LogP contribution in [-0.2, 0) is 16.6 Å². The fraction of sp³-hybridized carbons (Fsp3) is 0.400. The van der Waals surface area contributed by atoms with Crippen LogP contribution in [0.5, 0.6) is 0 Å². The zero-order chi connectivity index (χ0) is 19.7. The third-order valence-corrected chi connectivity index (χ3v) is 6.98. The van der Waals surface area contributed by atoms with Gasteiger partial charge < -0.3 is 4.84 Å². The Hall–Kier alpha value is -2.45. The average Bonchev–Trinajstić information content (AvgIpc) is 3.10. The summed E-state index contributed by atoms with van der Waals surface area (Å²) in [5.74, 6) is 0.372. The second kappa shape index (κ2) is 7.52. The van der Waals surface area contributed by atoms with Crippen LogP contribution in [0.25, 0.3) is 11.0 Å². The molecule has 0 saturated carbocycles. The van der Waals surface area contributed by atoms with Crippen molar-refractivity contribution in [2.24, 2.45) is 5.92 Å². The van der Waals surface area contributed by atoms with Gasteiger partial charge in [-0.1, -0.05) is 41.6 Å². The largest absolute Gasteiger partial charge is 0.390 e.